The van der Waals surface area contributed by atoms with Crippen LogP contribution in [0.25, 0.3) is 0 Å². The van der Waals surface area contributed by atoms with Gasteiger partial charge < -0.3 is 5.73 Å². The average Bonchev–Trinajstić information content (AvgIpc) is 2.74. The Morgan fingerprint density at radius 2 is 2.11 bits per heavy atom. The number of nitrogens with zero attached hydrogens (tertiary/aromatic N) is 1. The van der Waals surface area contributed by atoms with Crippen molar-refractivity contribution in [1.82, 2.24) is 4.31 Å². The fourth-order valence-electron chi connectivity index (χ4n) is 2.70. The van der Waals surface area contributed by atoms with Gasteiger partial charge in [0, 0.05) is 17.8 Å². The molecule has 2 atom stereocenters. The van der Waals surface area contributed by atoms with Crippen molar-refractivity contribution in [1.29, 1.82) is 0 Å². The second-order valence-electron chi connectivity index (χ2n) is 5.01. The van der Waals surface area contributed by atoms with E-state index in [4.69, 9.17) is 5.73 Å². The van der Waals surface area contributed by atoms with Crippen LogP contribution in [0.2, 0.25) is 0 Å². The number of benzene rings is 1. The van der Waals surface area contributed by atoms with Crippen LogP contribution in [-0.4, -0.2) is 24.8 Å². The molecule has 0 saturated carbocycles. The molecule has 2 N–H and O–H groups in total. The van der Waals surface area contributed by atoms with E-state index < -0.39 is 15.8 Å². The molecule has 1 aliphatic heterocycles. The normalized spacial score (nSPS) is 24.8. The predicted molar refractivity (Wildman–Crippen MR) is 72.6 cm³/mol. The number of rotatable bonds is 3. The minimum Gasteiger partial charge on any atom is -0.399 e. The Morgan fingerprint density at radius 1 is 1.42 bits per heavy atom. The van der Waals surface area contributed by atoms with E-state index >= 15 is 0 Å². The summed E-state index contributed by atoms with van der Waals surface area (Å²) < 4.78 is 40.5. The fourth-order valence-corrected chi connectivity index (χ4v) is 4.75. The molecule has 2 rings (SSSR count). The Bertz CT molecular complexity index is 574. The zero-order chi connectivity index (χ0) is 14.2. The molecule has 1 aromatic rings. The molecule has 1 saturated heterocycles. The maximum Gasteiger partial charge on any atom is 0.246 e. The predicted octanol–water partition coefficient (Wildman–Crippen LogP) is 2.36. The van der Waals surface area contributed by atoms with E-state index in [1.807, 2.05) is 13.8 Å². The average molecular weight is 286 g/mol. The van der Waals surface area contributed by atoms with Crippen molar-refractivity contribution in [2.75, 3.05) is 5.73 Å². The largest absolute Gasteiger partial charge is 0.399 e. The lowest BCUT2D eigenvalue weighted by Crippen LogP contribution is -2.40. The summed E-state index contributed by atoms with van der Waals surface area (Å²) in [6.45, 7) is 3.80. The molecule has 2 unspecified atom stereocenters. The van der Waals surface area contributed by atoms with E-state index in [0.717, 1.165) is 25.3 Å². The van der Waals surface area contributed by atoms with Crippen LogP contribution < -0.4 is 5.73 Å². The standard InChI is InChI=1S/C13H19FN2O2S/c1-3-11-6-4-9(2)16(11)19(17,18)13-8-10(15)5-7-12(13)14/h5,7-9,11H,3-4,6,15H2,1-2H3. The molecule has 19 heavy (non-hydrogen) atoms. The summed E-state index contributed by atoms with van der Waals surface area (Å²) in [4.78, 5) is -0.320. The number of sulfonamides is 1. The lowest BCUT2D eigenvalue weighted by Gasteiger charge is -2.27. The van der Waals surface area contributed by atoms with Crippen LogP contribution in [0.4, 0.5) is 10.1 Å². The zero-order valence-corrected chi connectivity index (χ0v) is 12.0. The lowest BCUT2D eigenvalue weighted by atomic mass is 10.2. The third-order valence-electron chi connectivity index (χ3n) is 3.69. The quantitative estimate of drug-likeness (QED) is 0.868. The molecule has 106 valence electrons. The molecule has 0 amide bonds. The van der Waals surface area contributed by atoms with Crippen molar-refractivity contribution < 1.29 is 12.8 Å². The highest BCUT2D eigenvalue weighted by atomic mass is 32.2. The number of nitrogens with two attached hydrogens (primary N) is 1. The third-order valence-corrected chi connectivity index (χ3v) is 5.78. The van der Waals surface area contributed by atoms with E-state index in [9.17, 15) is 12.8 Å². The van der Waals surface area contributed by atoms with Gasteiger partial charge in [0.15, 0.2) is 0 Å². The summed E-state index contributed by atoms with van der Waals surface area (Å²) in [5.41, 5.74) is 5.82. The van der Waals surface area contributed by atoms with Gasteiger partial charge in [-0.05, 0) is 44.4 Å². The van der Waals surface area contributed by atoms with Crippen LogP contribution in [0.15, 0.2) is 23.1 Å². The maximum atomic E-state index is 13.8. The molecule has 1 heterocycles. The topological polar surface area (TPSA) is 63.4 Å². The highest BCUT2D eigenvalue weighted by Gasteiger charge is 2.40. The maximum absolute atomic E-state index is 13.8. The molecule has 0 aromatic heterocycles. The van der Waals surface area contributed by atoms with Gasteiger partial charge in [-0.1, -0.05) is 6.92 Å². The first-order chi connectivity index (χ1) is 8.87. The molecular weight excluding hydrogens is 267 g/mol. The van der Waals surface area contributed by atoms with Gasteiger partial charge in [0.2, 0.25) is 10.0 Å². The van der Waals surface area contributed by atoms with E-state index in [2.05, 4.69) is 0 Å². The number of nitrogen functional groups attached to an aromatic ring is 1. The van der Waals surface area contributed by atoms with Gasteiger partial charge in [-0.15, -0.1) is 0 Å². The molecule has 0 aliphatic carbocycles. The molecule has 0 bridgehead atoms. The summed E-state index contributed by atoms with van der Waals surface area (Å²) in [6, 6.07) is 3.50. The monoisotopic (exact) mass is 286 g/mol. The number of hydrogen-bond acceptors (Lipinski definition) is 3. The second kappa shape index (κ2) is 5.09. The number of anilines is 1. The van der Waals surface area contributed by atoms with Crippen LogP contribution in [0.5, 0.6) is 0 Å². The summed E-state index contributed by atoms with van der Waals surface area (Å²) in [6.07, 6.45) is 2.36. The van der Waals surface area contributed by atoms with Gasteiger partial charge in [0.1, 0.15) is 10.7 Å². The highest BCUT2D eigenvalue weighted by molar-refractivity contribution is 7.89. The van der Waals surface area contributed by atoms with Crippen LogP contribution >= 0.6 is 0 Å². The van der Waals surface area contributed by atoms with Gasteiger partial charge in [0.05, 0.1) is 0 Å². The zero-order valence-electron chi connectivity index (χ0n) is 11.1. The summed E-state index contributed by atoms with van der Waals surface area (Å²) in [5.74, 6) is -0.747. The van der Waals surface area contributed by atoms with Crippen molar-refractivity contribution in [3.8, 4) is 0 Å². The molecule has 1 fully saturated rings. The first-order valence-electron chi connectivity index (χ1n) is 6.46. The molecule has 0 radical (unpaired) electrons. The van der Waals surface area contributed by atoms with Crippen LogP contribution in [0.3, 0.4) is 0 Å². The van der Waals surface area contributed by atoms with Crippen molar-refractivity contribution in [2.45, 2.75) is 50.1 Å². The van der Waals surface area contributed by atoms with E-state index in [0.29, 0.717) is 0 Å². The van der Waals surface area contributed by atoms with Crippen LogP contribution in [0.1, 0.15) is 33.1 Å². The van der Waals surface area contributed by atoms with E-state index in [1.165, 1.54) is 16.4 Å². The first kappa shape index (κ1) is 14.3. The molecule has 4 nitrogen and oxygen atoms in total. The van der Waals surface area contributed by atoms with Crippen molar-refractivity contribution in [3.05, 3.63) is 24.0 Å². The van der Waals surface area contributed by atoms with Crippen molar-refractivity contribution in [2.24, 2.45) is 0 Å². The summed E-state index contributed by atoms with van der Waals surface area (Å²) in [7, 11) is -3.82. The number of halogens is 1. The van der Waals surface area contributed by atoms with Gasteiger partial charge in [-0.25, -0.2) is 12.8 Å². The van der Waals surface area contributed by atoms with Crippen LogP contribution in [0, 0.1) is 5.82 Å². The van der Waals surface area contributed by atoms with E-state index in [1.54, 1.807) is 0 Å². The fraction of sp³-hybridized carbons (Fsp3) is 0.538. The molecule has 1 aliphatic rings. The minimum absolute atomic E-state index is 0.0548. The molecule has 0 spiro atoms. The van der Waals surface area contributed by atoms with Gasteiger partial charge in [0.25, 0.3) is 0 Å². The number of hydrogen-bond donors (Lipinski definition) is 1. The SMILES string of the molecule is CCC1CCC(C)N1S(=O)(=O)c1cc(N)ccc1F. The summed E-state index contributed by atoms with van der Waals surface area (Å²) in [5, 5.41) is 0. The molecular formula is C13H19FN2O2S. The lowest BCUT2D eigenvalue weighted by molar-refractivity contribution is 0.327. The Hall–Kier alpha value is -1.14. The first-order valence-corrected chi connectivity index (χ1v) is 7.90. The second-order valence-corrected chi connectivity index (χ2v) is 6.82. The van der Waals surface area contributed by atoms with Gasteiger partial charge in [-0.3, -0.25) is 0 Å². The smallest absolute Gasteiger partial charge is 0.246 e. The van der Waals surface area contributed by atoms with Crippen molar-refractivity contribution >= 4 is 15.7 Å². The third kappa shape index (κ3) is 2.47. The summed E-state index contributed by atoms with van der Waals surface area (Å²) >= 11 is 0. The van der Waals surface area contributed by atoms with E-state index in [-0.39, 0.29) is 22.7 Å². The van der Waals surface area contributed by atoms with Gasteiger partial charge >= 0.3 is 0 Å². The minimum atomic E-state index is -3.82. The molecule has 1 aromatic carbocycles. The Labute approximate surface area is 113 Å². The van der Waals surface area contributed by atoms with Crippen LogP contribution in [-0.2, 0) is 10.0 Å². The highest BCUT2D eigenvalue weighted by Crippen LogP contribution is 2.33. The Balaban J connectivity index is 2.50. The van der Waals surface area contributed by atoms with Gasteiger partial charge in [-0.2, -0.15) is 4.31 Å². The Kier molecular flexibility index (Phi) is 3.82. The Morgan fingerprint density at radius 3 is 2.74 bits per heavy atom. The van der Waals surface area contributed by atoms with Crippen molar-refractivity contribution in [3.63, 3.8) is 0 Å². The molecule has 6 heteroatoms.